The number of ether oxygens (including phenoxy) is 1. The highest BCUT2D eigenvalue weighted by molar-refractivity contribution is 5.39. The average Bonchev–Trinajstić information content (AvgIpc) is 2.79. The molecule has 0 fully saturated rings. The van der Waals surface area contributed by atoms with Crippen LogP contribution in [-0.2, 0) is 19.9 Å². The van der Waals surface area contributed by atoms with Gasteiger partial charge in [-0.2, -0.15) is 5.10 Å². The third kappa shape index (κ3) is 3.02. The minimum atomic E-state index is -0.0926. The summed E-state index contributed by atoms with van der Waals surface area (Å²) in [6, 6.07) is 8.15. The van der Waals surface area contributed by atoms with Gasteiger partial charge in [0.15, 0.2) is 0 Å². The largest absolute Gasteiger partial charge is 0.496 e. The summed E-state index contributed by atoms with van der Waals surface area (Å²) in [6.45, 7) is 4.17. The molecule has 0 aliphatic carbocycles. The summed E-state index contributed by atoms with van der Waals surface area (Å²) >= 11 is 0. The quantitative estimate of drug-likeness (QED) is 0.911. The first kappa shape index (κ1) is 14.6. The van der Waals surface area contributed by atoms with E-state index in [0.717, 1.165) is 35.5 Å². The summed E-state index contributed by atoms with van der Waals surface area (Å²) in [6.07, 6.45) is 1.69. The van der Waals surface area contributed by atoms with Crippen LogP contribution in [0.1, 0.15) is 35.5 Å². The predicted octanol–water partition coefficient (Wildman–Crippen LogP) is 2.54. The van der Waals surface area contributed by atoms with E-state index in [2.05, 4.69) is 31.1 Å². The van der Waals surface area contributed by atoms with Crippen LogP contribution in [0.2, 0.25) is 0 Å². The maximum Gasteiger partial charge on any atom is 0.123 e. The lowest BCUT2D eigenvalue weighted by molar-refractivity contribution is 0.405. The Morgan fingerprint density at radius 3 is 2.70 bits per heavy atom. The highest BCUT2D eigenvalue weighted by atomic mass is 16.5. The van der Waals surface area contributed by atoms with Gasteiger partial charge in [0.1, 0.15) is 5.75 Å². The van der Waals surface area contributed by atoms with E-state index in [1.807, 2.05) is 23.9 Å². The van der Waals surface area contributed by atoms with E-state index >= 15 is 0 Å². The van der Waals surface area contributed by atoms with Crippen molar-refractivity contribution < 1.29 is 4.74 Å². The summed E-state index contributed by atoms with van der Waals surface area (Å²) in [5.74, 6) is 0.848. The van der Waals surface area contributed by atoms with Crippen LogP contribution in [0.5, 0.6) is 5.75 Å². The first-order chi connectivity index (χ1) is 9.55. The Labute approximate surface area is 120 Å². The van der Waals surface area contributed by atoms with Crippen LogP contribution in [0.15, 0.2) is 24.3 Å². The van der Waals surface area contributed by atoms with Crippen LogP contribution in [0, 0.1) is 6.92 Å². The van der Waals surface area contributed by atoms with Gasteiger partial charge >= 0.3 is 0 Å². The van der Waals surface area contributed by atoms with Crippen LogP contribution in [0.3, 0.4) is 0 Å². The molecule has 0 saturated heterocycles. The highest BCUT2D eigenvalue weighted by Gasteiger charge is 2.15. The molecule has 0 aliphatic rings. The van der Waals surface area contributed by atoms with Gasteiger partial charge < -0.3 is 10.5 Å². The Morgan fingerprint density at radius 2 is 2.10 bits per heavy atom. The zero-order valence-electron chi connectivity index (χ0n) is 12.7. The average molecular weight is 273 g/mol. The molecule has 1 aromatic heterocycles. The summed E-state index contributed by atoms with van der Waals surface area (Å²) < 4.78 is 7.33. The van der Waals surface area contributed by atoms with Crippen molar-refractivity contribution in [1.29, 1.82) is 0 Å². The van der Waals surface area contributed by atoms with Gasteiger partial charge in [-0.3, -0.25) is 4.68 Å². The van der Waals surface area contributed by atoms with Gasteiger partial charge in [0.25, 0.3) is 0 Å². The molecule has 2 rings (SSSR count). The van der Waals surface area contributed by atoms with Crippen molar-refractivity contribution in [2.24, 2.45) is 12.8 Å². The maximum atomic E-state index is 6.37. The van der Waals surface area contributed by atoms with Gasteiger partial charge in [0.05, 0.1) is 12.8 Å². The summed E-state index contributed by atoms with van der Waals surface area (Å²) in [4.78, 5) is 0. The van der Waals surface area contributed by atoms with E-state index in [1.165, 1.54) is 5.56 Å². The van der Waals surface area contributed by atoms with Crippen molar-refractivity contribution in [2.75, 3.05) is 7.11 Å². The van der Waals surface area contributed by atoms with Gasteiger partial charge in [0, 0.05) is 30.8 Å². The second-order valence-electron chi connectivity index (χ2n) is 5.16. The van der Waals surface area contributed by atoms with Gasteiger partial charge in [-0.15, -0.1) is 0 Å². The molecule has 1 atom stereocenters. The smallest absolute Gasteiger partial charge is 0.123 e. The maximum absolute atomic E-state index is 6.37. The summed E-state index contributed by atoms with van der Waals surface area (Å²) in [5, 5.41) is 4.47. The number of hydrogen-bond donors (Lipinski definition) is 1. The lowest BCUT2D eigenvalue weighted by atomic mass is 9.99. The molecule has 108 valence electrons. The Morgan fingerprint density at radius 1 is 1.35 bits per heavy atom. The van der Waals surface area contributed by atoms with Crippen molar-refractivity contribution >= 4 is 0 Å². The summed E-state index contributed by atoms with van der Waals surface area (Å²) in [5.41, 5.74) is 10.9. The molecule has 2 N–H and O–H groups in total. The highest BCUT2D eigenvalue weighted by Crippen LogP contribution is 2.27. The molecule has 0 radical (unpaired) electrons. The lowest BCUT2D eigenvalue weighted by Crippen LogP contribution is -2.16. The van der Waals surface area contributed by atoms with E-state index in [4.69, 9.17) is 10.5 Å². The van der Waals surface area contributed by atoms with Gasteiger partial charge in [0.2, 0.25) is 0 Å². The van der Waals surface area contributed by atoms with Crippen molar-refractivity contribution in [3.8, 4) is 5.75 Å². The van der Waals surface area contributed by atoms with Gasteiger partial charge in [-0.05, 0) is 25.5 Å². The van der Waals surface area contributed by atoms with Crippen LogP contribution >= 0.6 is 0 Å². The Balaban J connectivity index is 2.25. The molecule has 0 spiro atoms. The molecule has 4 heteroatoms. The topological polar surface area (TPSA) is 53.1 Å². The minimum absolute atomic E-state index is 0.0926. The van der Waals surface area contributed by atoms with Crippen LogP contribution < -0.4 is 10.5 Å². The first-order valence-corrected chi connectivity index (χ1v) is 6.97. The van der Waals surface area contributed by atoms with E-state index in [1.54, 1.807) is 7.11 Å². The van der Waals surface area contributed by atoms with E-state index in [9.17, 15) is 0 Å². The number of methoxy groups -OCH3 is 1. The molecular weight excluding hydrogens is 250 g/mol. The zero-order valence-corrected chi connectivity index (χ0v) is 12.7. The third-order valence-corrected chi connectivity index (χ3v) is 3.60. The fourth-order valence-corrected chi connectivity index (χ4v) is 2.41. The van der Waals surface area contributed by atoms with Crippen molar-refractivity contribution in [3.63, 3.8) is 0 Å². The van der Waals surface area contributed by atoms with Crippen molar-refractivity contribution in [2.45, 2.75) is 32.7 Å². The second kappa shape index (κ2) is 6.09. The van der Waals surface area contributed by atoms with E-state index in [-0.39, 0.29) is 6.04 Å². The number of nitrogens with zero attached hydrogens (tertiary/aromatic N) is 2. The normalized spacial score (nSPS) is 12.4. The lowest BCUT2D eigenvalue weighted by Gasteiger charge is -2.16. The molecule has 1 heterocycles. The Kier molecular flexibility index (Phi) is 4.45. The minimum Gasteiger partial charge on any atom is -0.496 e. The molecule has 1 aromatic carbocycles. The number of aryl methyl sites for hydroxylation is 3. The third-order valence-electron chi connectivity index (χ3n) is 3.60. The van der Waals surface area contributed by atoms with Crippen LogP contribution in [0.25, 0.3) is 0 Å². The molecule has 0 amide bonds. The number of nitrogens with two attached hydrogens (primary N) is 1. The van der Waals surface area contributed by atoms with Crippen LogP contribution in [0.4, 0.5) is 0 Å². The van der Waals surface area contributed by atoms with Crippen LogP contribution in [-0.4, -0.2) is 16.9 Å². The molecule has 20 heavy (non-hydrogen) atoms. The van der Waals surface area contributed by atoms with E-state index < -0.39 is 0 Å². The number of aromatic nitrogens is 2. The fraction of sp³-hybridized carbons (Fsp3) is 0.438. The van der Waals surface area contributed by atoms with Gasteiger partial charge in [-0.1, -0.05) is 24.6 Å². The number of hydrogen-bond acceptors (Lipinski definition) is 3. The van der Waals surface area contributed by atoms with Gasteiger partial charge in [-0.25, -0.2) is 0 Å². The summed E-state index contributed by atoms with van der Waals surface area (Å²) in [7, 11) is 3.65. The molecule has 1 unspecified atom stereocenters. The molecule has 0 bridgehead atoms. The first-order valence-electron chi connectivity index (χ1n) is 6.97. The van der Waals surface area contributed by atoms with Crippen molar-refractivity contribution in [3.05, 3.63) is 46.8 Å². The molecule has 0 aliphatic heterocycles. The molecule has 4 nitrogen and oxygen atoms in total. The standard InChI is InChI=1S/C16H23N3O/c1-5-12-9-13(19(3)18-12)10-15(17)14-8-11(2)6-7-16(14)20-4/h6-9,15H,5,10,17H2,1-4H3. The number of benzene rings is 1. The zero-order chi connectivity index (χ0) is 14.7. The Bertz CT molecular complexity index is 589. The van der Waals surface area contributed by atoms with E-state index in [0.29, 0.717) is 0 Å². The second-order valence-corrected chi connectivity index (χ2v) is 5.16. The molecular formula is C16H23N3O. The molecule has 0 saturated carbocycles. The Hall–Kier alpha value is -1.81. The monoisotopic (exact) mass is 273 g/mol. The number of rotatable bonds is 5. The molecule has 2 aromatic rings. The SMILES string of the molecule is CCc1cc(CC(N)c2cc(C)ccc2OC)n(C)n1. The predicted molar refractivity (Wildman–Crippen MR) is 80.9 cm³/mol. The fourth-order valence-electron chi connectivity index (χ4n) is 2.41. The van der Waals surface area contributed by atoms with Crippen molar-refractivity contribution in [1.82, 2.24) is 9.78 Å².